The van der Waals surface area contributed by atoms with E-state index in [-0.39, 0.29) is 12.4 Å². The zero-order valence-electron chi connectivity index (χ0n) is 19.1. The van der Waals surface area contributed by atoms with E-state index in [9.17, 15) is 9.18 Å². The molecule has 6 rings (SSSR count). The third-order valence-electron chi connectivity index (χ3n) is 6.62. The fourth-order valence-corrected chi connectivity index (χ4v) is 4.85. The lowest BCUT2D eigenvalue weighted by Gasteiger charge is -2.24. The predicted octanol–water partition coefficient (Wildman–Crippen LogP) is 6.20. The number of aromatic nitrogens is 3. The van der Waals surface area contributed by atoms with Crippen LogP contribution in [0.2, 0.25) is 0 Å². The van der Waals surface area contributed by atoms with Crippen LogP contribution >= 0.6 is 0 Å². The summed E-state index contributed by atoms with van der Waals surface area (Å²) in [6.07, 6.45) is 3.01. The SMILES string of the molecule is O=C(OCc1ccccc1)n1ncc2cc3c(cc(C4CCOCC4)n3-c3ccc(F)cc3)cc21. The first-order valence-corrected chi connectivity index (χ1v) is 11.8. The van der Waals surface area contributed by atoms with E-state index in [2.05, 4.69) is 15.7 Å². The minimum atomic E-state index is -0.522. The molecule has 0 unspecified atom stereocenters. The zero-order valence-corrected chi connectivity index (χ0v) is 19.1. The Morgan fingerprint density at radius 2 is 1.71 bits per heavy atom. The maximum absolute atomic E-state index is 13.7. The molecule has 1 saturated heterocycles. The molecule has 1 aliphatic rings. The van der Waals surface area contributed by atoms with E-state index in [0.717, 1.165) is 59.3 Å². The highest BCUT2D eigenvalue weighted by atomic mass is 19.1. The van der Waals surface area contributed by atoms with Crippen molar-refractivity contribution in [3.05, 3.63) is 96.1 Å². The number of hydrogen-bond acceptors (Lipinski definition) is 4. The molecule has 0 spiro atoms. The smallest absolute Gasteiger partial charge is 0.435 e. The quantitative estimate of drug-likeness (QED) is 0.315. The summed E-state index contributed by atoms with van der Waals surface area (Å²) in [5, 5.41) is 6.12. The van der Waals surface area contributed by atoms with Gasteiger partial charge >= 0.3 is 6.09 Å². The van der Waals surface area contributed by atoms with Crippen LogP contribution in [-0.4, -0.2) is 33.7 Å². The van der Waals surface area contributed by atoms with Crippen molar-refractivity contribution in [2.24, 2.45) is 0 Å². The normalized spacial score (nSPS) is 14.5. The van der Waals surface area contributed by atoms with Crippen LogP contribution < -0.4 is 0 Å². The molecule has 1 aliphatic heterocycles. The second kappa shape index (κ2) is 9.00. The molecule has 5 aromatic rings. The molecule has 0 bridgehead atoms. The fraction of sp³-hybridized carbons (Fsp3) is 0.214. The van der Waals surface area contributed by atoms with Crippen molar-refractivity contribution in [2.75, 3.05) is 13.2 Å². The summed E-state index contributed by atoms with van der Waals surface area (Å²) in [5.74, 6) is 0.0622. The first kappa shape index (κ1) is 21.6. The van der Waals surface area contributed by atoms with Gasteiger partial charge in [0.15, 0.2) is 0 Å². The van der Waals surface area contributed by atoms with Gasteiger partial charge in [-0.25, -0.2) is 9.18 Å². The highest BCUT2D eigenvalue weighted by molar-refractivity contribution is 5.99. The van der Waals surface area contributed by atoms with Crippen LogP contribution in [0.25, 0.3) is 27.5 Å². The molecular formula is C28H24FN3O3. The van der Waals surface area contributed by atoms with Gasteiger partial charge in [-0.3, -0.25) is 0 Å². The monoisotopic (exact) mass is 469 g/mol. The van der Waals surface area contributed by atoms with Crippen molar-refractivity contribution in [1.29, 1.82) is 0 Å². The highest BCUT2D eigenvalue weighted by Crippen LogP contribution is 2.36. The summed E-state index contributed by atoms with van der Waals surface area (Å²) in [6.45, 7) is 1.62. The lowest BCUT2D eigenvalue weighted by molar-refractivity contribution is 0.0842. The number of nitrogens with zero attached hydrogens (tertiary/aromatic N) is 3. The predicted molar refractivity (Wildman–Crippen MR) is 131 cm³/mol. The van der Waals surface area contributed by atoms with E-state index in [1.165, 1.54) is 16.8 Å². The van der Waals surface area contributed by atoms with Crippen LogP contribution in [0.5, 0.6) is 0 Å². The Balaban J connectivity index is 1.42. The van der Waals surface area contributed by atoms with Crippen LogP contribution in [0, 0.1) is 5.82 Å². The standard InChI is InChI=1S/C28H24FN3O3/c29-23-6-8-24(9-7-23)31-25(20-10-12-34-13-11-20)14-21-15-27-22(16-26(21)31)17-30-32(27)28(33)35-18-19-4-2-1-3-5-19/h1-9,14-17,20H,10-13,18H2. The average Bonchev–Trinajstić information content (AvgIpc) is 3.48. The van der Waals surface area contributed by atoms with Gasteiger partial charge in [0.1, 0.15) is 12.4 Å². The van der Waals surface area contributed by atoms with Crippen molar-refractivity contribution in [2.45, 2.75) is 25.4 Å². The van der Waals surface area contributed by atoms with E-state index in [1.54, 1.807) is 18.3 Å². The second-order valence-corrected chi connectivity index (χ2v) is 8.83. The van der Waals surface area contributed by atoms with E-state index in [0.29, 0.717) is 11.4 Å². The van der Waals surface area contributed by atoms with Crippen LogP contribution in [-0.2, 0) is 16.1 Å². The number of rotatable bonds is 4. The second-order valence-electron chi connectivity index (χ2n) is 8.83. The summed E-state index contributed by atoms with van der Waals surface area (Å²) in [4.78, 5) is 12.8. The minimum absolute atomic E-state index is 0.179. The van der Waals surface area contributed by atoms with E-state index in [4.69, 9.17) is 9.47 Å². The Morgan fingerprint density at radius 3 is 2.49 bits per heavy atom. The van der Waals surface area contributed by atoms with Gasteiger partial charge in [0, 0.05) is 41.3 Å². The van der Waals surface area contributed by atoms with Gasteiger partial charge < -0.3 is 14.0 Å². The van der Waals surface area contributed by atoms with Crippen LogP contribution in [0.4, 0.5) is 9.18 Å². The molecule has 35 heavy (non-hydrogen) atoms. The van der Waals surface area contributed by atoms with Gasteiger partial charge in [0.2, 0.25) is 0 Å². The van der Waals surface area contributed by atoms with Crippen LogP contribution in [0.1, 0.15) is 30.0 Å². The Bertz CT molecular complexity index is 1500. The highest BCUT2D eigenvalue weighted by Gasteiger charge is 2.23. The Morgan fingerprint density at radius 1 is 0.971 bits per heavy atom. The first-order valence-electron chi connectivity index (χ1n) is 11.8. The number of fused-ring (bicyclic) bond motifs is 2. The van der Waals surface area contributed by atoms with Crippen LogP contribution in [0.3, 0.4) is 0 Å². The third-order valence-corrected chi connectivity index (χ3v) is 6.62. The summed E-state index contributed by atoms with van der Waals surface area (Å²) in [5.41, 5.74) is 4.65. The molecule has 1 fully saturated rings. The molecule has 0 radical (unpaired) electrons. The summed E-state index contributed by atoms with van der Waals surface area (Å²) >= 11 is 0. The Hall–Kier alpha value is -3.97. The largest absolute Gasteiger partial charge is 0.443 e. The zero-order chi connectivity index (χ0) is 23.8. The molecule has 7 heteroatoms. The van der Waals surface area contributed by atoms with Crippen LogP contribution in [0.15, 0.2) is 79.0 Å². The summed E-state index contributed by atoms with van der Waals surface area (Å²) in [7, 11) is 0. The number of ether oxygens (including phenoxy) is 2. The molecule has 6 nitrogen and oxygen atoms in total. The van der Waals surface area contributed by atoms with E-state index in [1.807, 2.05) is 42.5 Å². The van der Waals surface area contributed by atoms with Gasteiger partial charge in [-0.05, 0) is 60.9 Å². The molecule has 3 heterocycles. The van der Waals surface area contributed by atoms with Crippen molar-refractivity contribution in [1.82, 2.24) is 14.3 Å². The number of hydrogen-bond donors (Lipinski definition) is 0. The molecule has 176 valence electrons. The van der Waals surface area contributed by atoms with Gasteiger partial charge in [-0.15, -0.1) is 0 Å². The van der Waals surface area contributed by atoms with E-state index >= 15 is 0 Å². The Labute approximate surface area is 201 Å². The molecule has 0 N–H and O–H groups in total. The number of benzene rings is 3. The average molecular weight is 470 g/mol. The van der Waals surface area contributed by atoms with Crippen molar-refractivity contribution >= 4 is 27.9 Å². The molecule has 2 aromatic heterocycles. The topological polar surface area (TPSA) is 58.3 Å². The maximum Gasteiger partial charge on any atom is 0.435 e. The van der Waals surface area contributed by atoms with Gasteiger partial charge in [0.05, 0.1) is 17.2 Å². The third kappa shape index (κ3) is 4.08. The lowest BCUT2D eigenvalue weighted by Crippen LogP contribution is -2.16. The summed E-state index contributed by atoms with van der Waals surface area (Å²) in [6, 6.07) is 22.3. The fourth-order valence-electron chi connectivity index (χ4n) is 4.85. The molecule has 0 atom stereocenters. The molecule has 0 aliphatic carbocycles. The molecule has 0 amide bonds. The maximum atomic E-state index is 13.7. The van der Waals surface area contributed by atoms with Gasteiger partial charge in [0.25, 0.3) is 0 Å². The molecular weight excluding hydrogens is 445 g/mol. The number of carbonyl (C=O) groups is 1. The van der Waals surface area contributed by atoms with Crippen molar-refractivity contribution in [3.8, 4) is 5.69 Å². The summed E-state index contributed by atoms with van der Waals surface area (Å²) < 4.78 is 28.3. The number of carbonyl (C=O) groups excluding carboxylic acids is 1. The van der Waals surface area contributed by atoms with Crippen molar-refractivity contribution in [3.63, 3.8) is 0 Å². The van der Waals surface area contributed by atoms with E-state index < -0.39 is 6.09 Å². The molecule has 0 saturated carbocycles. The van der Waals surface area contributed by atoms with Gasteiger partial charge in [-0.1, -0.05) is 30.3 Å². The first-order chi connectivity index (χ1) is 17.2. The number of halogens is 1. The lowest BCUT2D eigenvalue weighted by atomic mass is 9.96. The Kier molecular flexibility index (Phi) is 5.54. The van der Waals surface area contributed by atoms with Gasteiger partial charge in [-0.2, -0.15) is 9.78 Å². The molecule has 3 aromatic carbocycles. The minimum Gasteiger partial charge on any atom is -0.443 e. The van der Waals surface area contributed by atoms with Crippen molar-refractivity contribution < 1.29 is 18.7 Å².